The number of hydrogen-bond donors (Lipinski definition) is 2. The highest BCUT2D eigenvalue weighted by atomic mass is 32.2. The molecule has 1 aliphatic heterocycles. The minimum absolute atomic E-state index is 0.239. The van der Waals surface area contributed by atoms with Gasteiger partial charge in [0, 0.05) is 32.7 Å². The summed E-state index contributed by atoms with van der Waals surface area (Å²) < 4.78 is 36.3. The maximum absolute atomic E-state index is 12.1. The Morgan fingerprint density at radius 2 is 1.55 bits per heavy atom. The lowest BCUT2D eigenvalue weighted by atomic mass is 10.1. The van der Waals surface area contributed by atoms with E-state index in [4.69, 9.17) is 29.3 Å². The van der Waals surface area contributed by atoms with Crippen molar-refractivity contribution in [2.24, 2.45) is 0 Å². The van der Waals surface area contributed by atoms with Crippen LogP contribution in [0.15, 0.2) is 18.2 Å². The van der Waals surface area contributed by atoms with Gasteiger partial charge in [0.2, 0.25) is 10.0 Å². The van der Waals surface area contributed by atoms with Crippen molar-refractivity contribution in [3.05, 3.63) is 23.8 Å². The molecule has 0 unspecified atom stereocenters. The summed E-state index contributed by atoms with van der Waals surface area (Å²) in [5, 5.41) is 14.8. The molecule has 2 N–H and O–H groups in total. The monoisotopic (exact) mass is 432 g/mol. The summed E-state index contributed by atoms with van der Waals surface area (Å²) in [5.41, 5.74) is 1.13. The van der Waals surface area contributed by atoms with E-state index in [1.165, 1.54) is 0 Å². The number of nitrogens with zero attached hydrogens (tertiary/aromatic N) is 2. The van der Waals surface area contributed by atoms with E-state index in [-0.39, 0.29) is 5.75 Å². The topological polar surface area (TPSA) is 134 Å². The van der Waals surface area contributed by atoms with Gasteiger partial charge >= 0.3 is 11.9 Å². The summed E-state index contributed by atoms with van der Waals surface area (Å²) in [6.07, 6.45) is 0.661. The average molecular weight is 432 g/mol. The van der Waals surface area contributed by atoms with Crippen LogP contribution in [-0.2, 0) is 26.2 Å². The summed E-state index contributed by atoms with van der Waals surface area (Å²) in [6, 6.07) is 5.89. The van der Waals surface area contributed by atoms with E-state index in [9.17, 15) is 8.42 Å². The predicted molar refractivity (Wildman–Crippen MR) is 106 cm³/mol. The van der Waals surface area contributed by atoms with Crippen LogP contribution in [-0.4, -0.2) is 85.9 Å². The second-order valence-electron chi connectivity index (χ2n) is 6.29. The first-order valence-corrected chi connectivity index (χ1v) is 10.6. The second kappa shape index (κ2) is 11.6. The molecule has 1 fully saturated rings. The summed E-state index contributed by atoms with van der Waals surface area (Å²) in [6.45, 7) is 5.30. The van der Waals surface area contributed by atoms with Crippen molar-refractivity contribution in [2.75, 3.05) is 46.2 Å². The number of carboxylic acid groups (broad SMARTS) is 2. The normalized spacial score (nSPS) is 15.1. The molecule has 1 aliphatic rings. The van der Waals surface area contributed by atoms with E-state index in [2.05, 4.69) is 4.90 Å². The van der Waals surface area contributed by atoms with Crippen LogP contribution in [0.1, 0.15) is 18.9 Å². The maximum Gasteiger partial charge on any atom is 0.414 e. The molecule has 1 aromatic rings. The number of benzene rings is 1. The largest absolute Gasteiger partial charge is 0.493 e. The number of aliphatic carboxylic acids is 2. The lowest BCUT2D eigenvalue weighted by Gasteiger charge is -2.34. The van der Waals surface area contributed by atoms with Gasteiger partial charge in [-0.15, -0.1) is 0 Å². The van der Waals surface area contributed by atoms with Crippen LogP contribution in [0.2, 0.25) is 0 Å². The highest BCUT2D eigenvalue weighted by Crippen LogP contribution is 2.28. The highest BCUT2D eigenvalue weighted by Gasteiger charge is 2.26. The summed E-state index contributed by atoms with van der Waals surface area (Å²) in [5.74, 6) is -1.98. The predicted octanol–water partition coefficient (Wildman–Crippen LogP) is 0.717. The maximum atomic E-state index is 12.1. The van der Waals surface area contributed by atoms with Crippen LogP contribution < -0.4 is 9.47 Å². The van der Waals surface area contributed by atoms with E-state index in [1.54, 1.807) is 18.5 Å². The number of ether oxygens (including phenoxy) is 2. The molecule has 0 amide bonds. The summed E-state index contributed by atoms with van der Waals surface area (Å²) in [7, 11) is 0.163. The molecule has 1 aromatic carbocycles. The van der Waals surface area contributed by atoms with Gasteiger partial charge in [-0.05, 0) is 24.1 Å². The molecule has 164 valence electrons. The lowest BCUT2D eigenvalue weighted by Crippen LogP contribution is -2.48. The van der Waals surface area contributed by atoms with E-state index in [1.807, 2.05) is 25.1 Å². The molecular formula is C18H28N2O8S. The Bertz CT molecular complexity index is 777. The third kappa shape index (κ3) is 7.87. The average Bonchev–Trinajstić information content (AvgIpc) is 2.68. The zero-order valence-corrected chi connectivity index (χ0v) is 17.6. The van der Waals surface area contributed by atoms with Crippen molar-refractivity contribution in [2.45, 2.75) is 19.9 Å². The van der Waals surface area contributed by atoms with Crippen molar-refractivity contribution in [1.29, 1.82) is 0 Å². The Hall–Kier alpha value is -2.37. The van der Waals surface area contributed by atoms with Gasteiger partial charge in [0.15, 0.2) is 11.5 Å². The van der Waals surface area contributed by atoms with Gasteiger partial charge in [-0.2, -0.15) is 4.31 Å². The van der Waals surface area contributed by atoms with Crippen molar-refractivity contribution in [3.63, 3.8) is 0 Å². The van der Waals surface area contributed by atoms with Crippen molar-refractivity contribution >= 4 is 22.0 Å². The zero-order valence-electron chi connectivity index (χ0n) is 16.8. The standard InChI is InChI=1S/C16H26N2O4S.C2H2O4/c1-4-11-23(19,20)18-9-7-17(8-10-18)13-14-5-6-15(21-2)16(12-14)22-3;3-1(4)2(5)6/h5-6,12H,4,7-11,13H2,1-3H3;(H,3,4)(H,5,6). The fraction of sp³-hybridized carbons (Fsp3) is 0.556. The number of carboxylic acids is 2. The molecule has 0 bridgehead atoms. The number of rotatable bonds is 7. The van der Waals surface area contributed by atoms with Crippen LogP contribution >= 0.6 is 0 Å². The highest BCUT2D eigenvalue weighted by molar-refractivity contribution is 7.89. The molecule has 1 saturated heterocycles. The molecule has 0 aliphatic carbocycles. The van der Waals surface area contributed by atoms with Gasteiger partial charge < -0.3 is 19.7 Å². The molecule has 10 nitrogen and oxygen atoms in total. The first-order valence-electron chi connectivity index (χ1n) is 9.01. The molecule has 0 aromatic heterocycles. The van der Waals surface area contributed by atoms with Gasteiger partial charge in [-0.1, -0.05) is 13.0 Å². The molecular weight excluding hydrogens is 404 g/mol. The fourth-order valence-corrected chi connectivity index (χ4v) is 4.28. The van der Waals surface area contributed by atoms with E-state index >= 15 is 0 Å². The van der Waals surface area contributed by atoms with E-state index in [0.29, 0.717) is 31.0 Å². The van der Waals surface area contributed by atoms with E-state index in [0.717, 1.165) is 25.2 Å². The quantitative estimate of drug-likeness (QED) is 0.598. The van der Waals surface area contributed by atoms with Crippen LogP contribution in [0.4, 0.5) is 0 Å². The number of carbonyl (C=O) groups is 2. The third-order valence-electron chi connectivity index (χ3n) is 4.22. The second-order valence-corrected chi connectivity index (χ2v) is 8.38. The van der Waals surface area contributed by atoms with Crippen LogP contribution in [0.3, 0.4) is 0 Å². The lowest BCUT2D eigenvalue weighted by molar-refractivity contribution is -0.159. The Balaban J connectivity index is 0.000000612. The fourth-order valence-electron chi connectivity index (χ4n) is 2.79. The first kappa shape index (κ1) is 24.7. The molecule has 29 heavy (non-hydrogen) atoms. The minimum Gasteiger partial charge on any atom is -0.493 e. The summed E-state index contributed by atoms with van der Waals surface area (Å²) in [4.78, 5) is 20.5. The minimum atomic E-state index is -3.08. The van der Waals surface area contributed by atoms with Gasteiger partial charge in [0.05, 0.1) is 20.0 Å². The molecule has 2 rings (SSSR count). The molecule has 0 radical (unpaired) electrons. The van der Waals surface area contributed by atoms with Crippen molar-refractivity contribution < 1.29 is 37.7 Å². The first-order chi connectivity index (χ1) is 13.6. The number of piperazine rings is 1. The Labute approximate surface area is 170 Å². The molecule has 1 heterocycles. The Morgan fingerprint density at radius 3 is 2.00 bits per heavy atom. The third-order valence-corrected chi connectivity index (χ3v) is 6.30. The smallest absolute Gasteiger partial charge is 0.414 e. The van der Waals surface area contributed by atoms with Crippen LogP contribution in [0.25, 0.3) is 0 Å². The van der Waals surface area contributed by atoms with Crippen molar-refractivity contribution in [1.82, 2.24) is 9.21 Å². The SMILES string of the molecule is CCCS(=O)(=O)N1CCN(Cc2ccc(OC)c(OC)c2)CC1.O=C(O)C(=O)O. The molecule has 0 atom stereocenters. The Morgan fingerprint density at radius 1 is 1.00 bits per heavy atom. The zero-order chi connectivity index (χ0) is 22.0. The number of sulfonamides is 1. The van der Waals surface area contributed by atoms with Gasteiger partial charge in [0.25, 0.3) is 0 Å². The molecule has 0 saturated carbocycles. The summed E-state index contributed by atoms with van der Waals surface area (Å²) >= 11 is 0. The number of methoxy groups -OCH3 is 2. The van der Waals surface area contributed by atoms with Gasteiger partial charge in [-0.3, -0.25) is 4.90 Å². The van der Waals surface area contributed by atoms with E-state index < -0.39 is 22.0 Å². The Kier molecular flexibility index (Phi) is 9.86. The van der Waals surface area contributed by atoms with Crippen molar-refractivity contribution in [3.8, 4) is 11.5 Å². The number of hydrogen-bond acceptors (Lipinski definition) is 7. The molecule has 0 spiro atoms. The van der Waals surface area contributed by atoms with Gasteiger partial charge in [-0.25, -0.2) is 18.0 Å². The molecule has 11 heteroatoms. The van der Waals surface area contributed by atoms with Gasteiger partial charge in [0.1, 0.15) is 0 Å². The van der Waals surface area contributed by atoms with Crippen LogP contribution in [0, 0.1) is 0 Å². The van der Waals surface area contributed by atoms with Crippen LogP contribution in [0.5, 0.6) is 11.5 Å².